The maximum atomic E-state index is 12.6. The highest BCUT2D eigenvalue weighted by molar-refractivity contribution is 7.45. The Labute approximate surface area is 324 Å². The summed E-state index contributed by atoms with van der Waals surface area (Å²) < 4.78 is 33.8. The van der Waals surface area contributed by atoms with Crippen LogP contribution in [0.1, 0.15) is 162 Å². The monoisotopic (exact) mass is 768 g/mol. The molecule has 0 heterocycles. The largest absolute Gasteiger partial charge is 0.756 e. The summed E-state index contributed by atoms with van der Waals surface area (Å²) in [6, 6.07) is 0. The number of hydrogen-bond donors (Lipinski definition) is 0. The first-order chi connectivity index (χ1) is 25.5. The zero-order chi connectivity index (χ0) is 39.3. The number of phosphoric acid groups is 1. The van der Waals surface area contributed by atoms with E-state index in [9.17, 15) is 19.0 Å². The minimum atomic E-state index is -4.63. The lowest BCUT2D eigenvalue weighted by molar-refractivity contribution is -0.870. The second-order valence-electron chi connectivity index (χ2n) is 15.0. The van der Waals surface area contributed by atoms with Crippen molar-refractivity contribution < 1.29 is 42.1 Å². The van der Waals surface area contributed by atoms with Gasteiger partial charge in [0.1, 0.15) is 19.8 Å². The third-order valence-electron chi connectivity index (χ3n) is 8.61. The first-order valence-corrected chi connectivity index (χ1v) is 22.3. The van der Waals surface area contributed by atoms with Gasteiger partial charge in [0.05, 0.1) is 27.7 Å². The Balaban J connectivity index is 4.46. The van der Waals surface area contributed by atoms with Gasteiger partial charge >= 0.3 is 11.9 Å². The average molecular weight is 768 g/mol. The molecule has 10 heteroatoms. The lowest BCUT2D eigenvalue weighted by atomic mass is 10.0. The molecule has 0 aromatic rings. The third kappa shape index (κ3) is 39.5. The van der Waals surface area contributed by atoms with Gasteiger partial charge in [0, 0.05) is 12.8 Å². The first-order valence-electron chi connectivity index (χ1n) is 20.8. The third-order valence-corrected chi connectivity index (χ3v) is 9.58. The van der Waals surface area contributed by atoms with Gasteiger partial charge in [0.2, 0.25) is 0 Å². The zero-order valence-electron chi connectivity index (χ0n) is 34.4. The quantitative estimate of drug-likeness (QED) is 0.0202. The van der Waals surface area contributed by atoms with Crippen LogP contribution in [0.15, 0.2) is 48.6 Å². The van der Waals surface area contributed by atoms with Crippen molar-refractivity contribution in [2.75, 3.05) is 47.5 Å². The molecular weight excluding hydrogens is 689 g/mol. The molecule has 0 saturated heterocycles. The van der Waals surface area contributed by atoms with Gasteiger partial charge in [-0.05, 0) is 51.4 Å². The molecule has 0 aliphatic carbocycles. The lowest BCUT2D eigenvalue weighted by Gasteiger charge is -2.28. The Morgan fingerprint density at radius 3 is 1.60 bits per heavy atom. The molecule has 0 aromatic carbocycles. The van der Waals surface area contributed by atoms with E-state index in [-0.39, 0.29) is 26.1 Å². The van der Waals surface area contributed by atoms with Crippen molar-refractivity contribution in [1.82, 2.24) is 0 Å². The minimum absolute atomic E-state index is 0.0395. The molecule has 9 nitrogen and oxygen atoms in total. The van der Waals surface area contributed by atoms with Gasteiger partial charge in [-0.3, -0.25) is 14.2 Å². The van der Waals surface area contributed by atoms with Crippen LogP contribution in [0.4, 0.5) is 0 Å². The summed E-state index contributed by atoms with van der Waals surface area (Å²) in [7, 11) is 1.13. The van der Waals surface area contributed by atoms with Crippen molar-refractivity contribution in [2.24, 2.45) is 0 Å². The highest BCUT2D eigenvalue weighted by Crippen LogP contribution is 2.38. The number of unbranched alkanes of at least 4 members (excludes halogenated alkanes) is 15. The minimum Gasteiger partial charge on any atom is -0.756 e. The number of carbonyl (C=O) groups excluding carboxylic acids is 2. The lowest BCUT2D eigenvalue weighted by Crippen LogP contribution is -2.37. The Hall–Kier alpha value is -2.03. The van der Waals surface area contributed by atoms with Crippen LogP contribution in [-0.4, -0.2) is 70.0 Å². The van der Waals surface area contributed by atoms with Crippen LogP contribution in [0.5, 0.6) is 0 Å². The van der Waals surface area contributed by atoms with E-state index in [0.717, 1.165) is 57.8 Å². The molecule has 53 heavy (non-hydrogen) atoms. The van der Waals surface area contributed by atoms with Gasteiger partial charge in [-0.25, -0.2) is 0 Å². The average Bonchev–Trinajstić information content (AvgIpc) is 3.10. The fourth-order valence-corrected chi connectivity index (χ4v) is 6.08. The predicted molar refractivity (Wildman–Crippen MR) is 217 cm³/mol. The van der Waals surface area contributed by atoms with Crippen LogP contribution in [0.25, 0.3) is 0 Å². The Morgan fingerprint density at radius 1 is 0.604 bits per heavy atom. The van der Waals surface area contributed by atoms with E-state index in [1.807, 2.05) is 21.1 Å². The molecule has 308 valence electrons. The van der Waals surface area contributed by atoms with Crippen molar-refractivity contribution >= 4 is 19.8 Å². The molecule has 2 unspecified atom stereocenters. The van der Waals surface area contributed by atoms with Crippen molar-refractivity contribution in [3.8, 4) is 0 Å². The second kappa shape index (κ2) is 35.7. The van der Waals surface area contributed by atoms with Crippen molar-refractivity contribution in [3.63, 3.8) is 0 Å². The van der Waals surface area contributed by atoms with Crippen LogP contribution in [0.2, 0.25) is 0 Å². The SMILES string of the molecule is CC/C=C\C/C=C\C/C=C\C/C=C\CCCCC(=O)OC(COC(=O)CCCCCCCCCCCCCCCC)COP(=O)([O-])OCC[N+](C)(C)C. The van der Waals surface area contributed by atoms with Crippen LogP contribution >= 0.6 is 7.82 Å². The summed E-state index contributed by atoms with van der Waals surface area (Å²) in [5.41, 5.74) is 0. The summed E-state index contributed by atoms with van der Waals surface area (Å²) in [4.78, 5) is 37.4. The molecule has 0 fully saturated rings. The highest BCUT2D eigenvalue weighted by Gasteiger charge is 2.21. The standard InChI is InChI=1S/C43H78NO8P/c1-6-8-10-12-14-16-18-20-22-24-26-28-30-32-34-36-43(46)52-41(40-51-53(47,48)50-38-37-44(3,4)5)39-49-42(45)35-33-31-29-27-25-23-21-19-17-15-13-11-9-7-2/h8,10,14,16,20,22,26,28,41H,6-7,9,11-13,15,17-19,21,23-25,27,29-40H2,1-5H3/b10-8-,16-14-,22-20-,28-26-. The number of phosphoric ester groups is 1. The maximum absolute atomic E-state index is 12.6. The van der Waals surface area contributed by atoms with E-state index in [2.05, 4.69) is 62.5 Å². The number of hydrogen-bond acceptors (Lipinski definition) is 8. The van der Waals surface area contributed by atoms with Crippen molar-refractivity contribution in [1.29, 1.82) is 0 Å². The number of allylic oxidation sites excluding steroid dienone is 8. The van der Waals surface area contributed by atoms with E-state index < -0.39 is 32.5 Å². The Morgan fingerprint density at radius 2 is 1.08 bits per heavy atom. The van der Waals surface area contributed by atoms with Gasteiger partial charge in [-0.1, -0.05) is 146 Å². The molecule has 0 bridgehead atoms. The number of nitrogens with zero attached hydrogens (tertiary/aromatic N) is 1. The number of rotatable bonds is 37. The number of ether oxygens (including phenoxy) is 2. The topological polar surface area (TPSA) is 111 Å². The molecule has 0 saturated carbocycles. The van der Waals surface area contributed by atoms with E-state index in [4.69, 9.17) is 18.5 Å². The normalized spacial score (nSPS) is 14.2. The van der Waals surface area contributed by atoms with Gasteiger partial charge in [-0.2, -0.15) is 0 Å². The molecule has 0 rings (SSSR count). The van der Waals surface area contributed by atoms with E-state index in [1.54, 1.807) is 0 Å². The van der Waals surface area contributed by atoms with Gasteiger partial charge in [-0.15, -0.1) is 0 Å². The Kier molecular flexibility index (Phi) is 34.3. The molecule has 0 N–H and O–H groups in total. The molecule has 0 aromatic heterocycles. The number of quaternary nitrogens is 1. The van der Waals surface area contributed by atoms with E-state index in [0.29, 0.717) is 17.4 Å². The fraction of sp³-hybridized carbons (Fsp3) is 0.767. The molecule has 0 spiro atoms. The van der Waals surface area contributed by atoms with Crippen molar-refractivity contribution in [3.05, 3.63) is 48.6 Å². The predicted octanol–water partition coefficient (Wildman–Crippen LogP) is 10.9. The summed E-state index contributed by atoms with van der Waals surface area (Å²) in [6.45, 7) is 4.05. The van der Waals surface area contributed by atoms with Crippen LogP contribution in [0, 0.1) is 0 Å². The fourth-order valence-electron chi connectivity index (χ4n) is 5.35. The van der Waals surface area contributed by atoms with Gasteiger partial charge in [0.15, 0.2) is 6.10 Å². The highest BCUT2D eigenvalue weighted by atomic mass is 31.2. The second-order valence-corrected chi connectivity index (χ2v) is 16.4. The van der Waals surface area contributed by atoms with E-state index in [1.165, 1.54) is 70.6 Å². The van der Waals surface area contributed by atoms with E-state index >= 15 is 0 Å². The van der Waals surface area contributed by atoms with Crippen LogP contribution < -0.4 is 4.89 Å². The summed E-state index contributed by atoms with van der Waals surface area (Å²) in [6.07, 6.45) is 40.0. The summed E-state index contributed by atoms with van der Waals surface area (Å²) in [5.74, 6) is -0.883. The molecular formula is C43H78NO8P. The maximum Gasteiger partial charge on any atom is 0.306 e. The van der Waals surface area contributed by atoms with Gasteiger partial charge < -0.3 is 27.9 Å². The molecule has 2 atom stereocenters. The van der Waals surface area contributed by atoms with Crippen LogP contribution in [0.3, 0.4) is 0 Å². The number of likely N-dealkylation sites (N-methyl/N-ethyl adjacent to an activating group) is 1. The molecule has 0 aliphatic heterocycles. The summed E-state index contributed by atoms with van der Waals surface area (Å²) >= 11 is 0. The number of carbonyl (C=O) groups is 2. The van der Waals surface area contributed by atoms with Crippen molar-refractivity contribution in [2.45, 2.75) is 168 Å². The van der Waals surface area contributed by atoms with Gasteiger partial charge in [0.25, 0.3) is 7.82 Å². The summed E-state index contributed by atoms with van der Waals surface area (Å²) in [5, 5.41) is 0. The smallest absolute Gasteiger partial charge is 0.306 e. The first kappa shape index (κ1) is 51.0. The molecule has 0 aliphatic rings. The van der Waals surface area contributed by atoms with Crippen LogP contribution in [-0.2, 0) is 32.7 Å². The molecule has 0 amide bonds. The zero-order valence-corrected chi connectivity index (χ0v) is 35.3. The Bertz CT molecular complexity index is 1050. The number of esters is 2. The molecule has 0 radical (unpaired) electrons.